The number of nitrogens with zero attached hydrogens (tertiary/aromatic N) is 2. The summed E-state index contributed by atoms with van der Waals surface area (Å²) in [5.41, 5.74) is 2.28. The number of ketones is 1. The van der Waals surface area contributed by atoms with E-state index in [1.807, 2.05) is 25.1 Å². The molecule has 1 aliphatic heterocycles. The topological polar surface area (TPSA) is 89.0 Å². The van der Waals surface area contributed by atoms with Gasteiger partial charge in [-0.2, -0.15) is 0 Å². The Morgan fingerprint density at radius 3 is 2.49 bits per heavy atom. The summed E-state index contributed by atoms with van der Waals surface area (Å²) in [6, 6.07) is 14.8. The summed E-state index contributed by atoms with van der Waals surface area (Å²) in [6.07, 6.45) is 0.840. The number of carbonyl (C=O) groups excluding carboxylic acids is 2. The minimum atomic E-state index is -1.07. The molecule has 188 valence electrons. The fourth-order valence-electron chi connectivity index (χ4n) is 4.42. The third kappa shape index (κ3) is 4.21. The van der Waals surface area contributed by atoms with Gasteiger partial charge < -0.3 is 14.6 Å². The third-order valence-electron chi connectivity index (χ3n) is 6.35. The van der Waals surface area contributed by atoms with E-state index < -0.39 is 29.3 Å². The summed E-state index contributed by atoms with van der Waals surface area (Å²) in [5.74, 6) is -1.79. The summed E-state index contributed by atoms with van der Waals surface area (Å²) in [5, 5.41) is 11.6. The number of anilines is 1. The number of aryl methyl sites for hydroxylation is 1. The van der Waals surface area contributed by atoms with Gasteiger partial charge in [0.25, 0.3) is 5.78 Å². The fraction of sp³-hybridized carbons (Fsp3) is 0.179. The summed E-state index contributed by atoms with van der Waals surface area (Å²) in [4.78, 5) is 32.9. The third-order valence-corrected chi connectivity index (χ3v) is 7.37. The Kier molecular flexibility index (Phi) is 6.39. The van der Waals surface area contributed by atoms with Gasteiger partial charge in [-0.15, -0.1) is 0 Å². The molecule has 1 amide bonds. The van der Waals surface area contributed by atoms with Crippen LogP contribution in [0.4, 0.5) is 9.52 Å². The molecule has 0 spiro atoms. The molecule has 3 aromatic carbocycles. The Bertz CT molecular complexity index is 1560. The molecule has 1 N–H and O–H groups in total. The maximum atomic E-state index is 13.6. The normalized spacial score (nSPS) is 17.0. The van der Waals surface area contributed by atoms with Crippen molar-refractivity contribution in [3.8, 4) is 11.5 Å². The predicted octanol–water partition coefficient (Wildman–Crippen LogP) is 5.64. The second-order valence-corrected chi connectivity index (χ2v) is 9.45. The van der Waals surface area contributed by atoms with Crippen LogP contribution in [0.5, 0.6) is 11.5 Å². The molecule has 5 rings (SSSR count). The van der Waals surface area contributed by atoms with Crippen LogP contribution in [0.1, 0.15) is 29.7 Å². The molecule has 1 atom stereocenters. The van der Waals surface area contributed by atoms with Crippen LogP contribution in [0.25, 0.3) is 16.0 Å². The summed E-state index contributed by atoms with van der Waals surface area (Å²) < 4.78 is 25.4. The van der Waals surface area contributed by atoms with E-state index in [0.29, 0.717) is 27.7 Å². The van der Waals surface area contributed by atoms with Gasteiger partial charge in [-0.1, -0.05) is 24.3 Å². The molecule has 9 heteroatoms. The molecule has 0 aliphatic carbocycles. The number of benzene rings is 3. The Hall–Kier alpha value is -4.24. The molecule has 0 bridgehead atoms. The second-order valence-electron chi connectivity index (χ2n) is 8.44. The number of aliphatic hydroxyl groups is 1. The van der Waals surface area contributed by atoms with Crippen LogP contribution in [-0.2, 0) is 16.0 Å². The van der Waals surface area contributed by atoms with Gasteiger partial charge in [0.1, 0.15) is 29.1 Å². The van der Waals surface area contributed by atoms with E-state index in [-0.39, 0.29) is 11.1 Å². The van der Waals surface area contributed by atoms with Gasteiger partial charge in [-0.25, -0.2) is 9.37 Å². The lowest BCUT2D eigenvalue weighted by Gasteiger charge is -2.25. The van der Waals surface area contributed by atoms with Crippen LogP contribution in [0.15, 0.2) is 66.2 Å². The maximum Gasteiger partial charge on any atom is 0.301 e. The van der Waals surface area contributed by atoms with E-state index in [9.17, 15) is 19.1 Å². The molecule has 0 radical (unpaired) electrons. The Labute approximate surface area is 216 Å². The highest BCUT2D eigenvalue weighted by molar-refractivity contribution is 7.22. The number of amides is 1. The quantitative estimate of drug-likeness (QED) is 0.202. The number of fused-ring (bicyclic) bond motifs is 1. The Morgan fingerprint density at radius 2 is 1.81 bits per heavy atom. The van der Waals surface area contributed by atoms with Gasteiger partial charge in [0.15, 0.2) is 5.13 Å². The standard InChI is InChI=1S/C28H23FN2O5S/c1-4-15-5-11-20-22(13-15)37-28(30-20)31-24(19-14-18(35-2)10-12-21(19)36-3)23(26(33)27(31)34)25(32)16-6-8-17(29)9-7-16/h5-14,24,32H,4H2,1-3H3/t24-/m1/s1. The van der Waals surface area contributed by atoms with Crippen molar-refractivity contribution in [1.82, 2.24) is 4.98 Å². The average molecular weight is 519 g/mol. The van der Waals surface area contributed by atoms with Crippen LogP contribution in [0.2, 0.25) is 0 Å². The van der Waals surface area contributed by atoms with Crippen LogP contribution in [-0.4, -0.2) is 36.0 Å². The van der Waals surface area contributed by atoms with Crippen LogP contribution in [0.3, 0.4) is 0 Å². The zero-order chi connectivity index (χ0) is 26.3. The smallest absolute Gasteiger partial charge is 0.301 e. The number of carbonyl (C=O) groups is 2. The second kappa shape index (κ2) is 9.67. The molecule has 1 fully saturated rings. The number of hydrogen-bond donors (Lipinski definition) is 1. The van der Waals surface area contributed by atoms with Crippen molar-refractivity contribution >= 4 is 44.1 Å². The first-order valence-corrected chi connectivity index (χ1v) is 12.4. The highest BCUT2D eigenvalue weighted by Gasteiger charge is 2.49. The summed E-state index contributed by atoms with van der Waals surface area (Å²) in [7, 11) is 2.97. The lowest BCUT2D eigenvalue weighted by Crippen LogP contribution is -2.29. The lowest BCUT2D eigenvalue weighted by atomic mass is 9.94. The fourth-order valence-corrected chi connectivity index (χ4v) is 5.48. The van der Waals surface area contributed by atoms with E-state index in [4.69, 9.17) is 9.47 Å². The molecule has 1 aromatic heterocycles. The SMILES string of the molecule is CCc1ccc2nc(N3C(=O)C(=O)C(=C(O)c4ccc(F)cc4)[C@H]3c3cc(OC)ccc3OC)sc2c1. The first-order valence-electron chi connectivity index (χ1n) is 11.5. The number of ether oxygens (including phenoxy) is 2. The lowest BCUT2D eigenvalue weighted by molar-refractivity contribution is -0.132. The van der Waals surface area contributed by atoms with E-state index in [0.717, 1.165) is 16.7 Å². The molecule has 7 nitrogen and oxygen atoms in total. The number of hydrogen-bond acceptors (Lipinski definition) is 7. The van der Waals surface area contributed by atoms with Crippen LogP contribution < -0.4 is 14.4 Å². The minimum absolute atomic E-state index is 0.156. The summed E-state index contributed by atoms with van der Waals surface area (Å²) in [6.45, 7) is 2.05. The van der Waals surface area contributed by atoms with Gasteiger partial charge in [-0.05, 0) is 66.6 Å². The molecular weight excluding hydrogens is 495 g/mol. The van der Waals surface area contributed by atoms with Crippen molar-refractivity contribution in [2.24, 2.45) is 0 Å². The average Bonchev–Trinajstić information content (AvgIpc) is 3.45. The first-order chi connectivity index (χ1) is 17.9. The highest BCUT2D eigenvalue weighted by atomic mass is 32.1. The number of thiazole rings is 1. The van der Waals surface area contributed by atoms with Crippen molar-refractivity contribution in [3.05, 3.63) is 88.7 Å². The van der Waals surface area contributed by atoms with E-state index in [2.05, 4.69) is 4.98 Å². The van der Waals surface area contributed by atoms with E-state index in [1.165, 1.54) is 54.7 Å². The van der Waals surface area contributed by atoms with Crippen LogP contribution in [0, 0.1) is 5.82 Å². The number of Topliss-reactive ketones (excluding diaryl/α,β-unsaturated/α-hetero) is 1. The zero-order valence-electron chi connectivity index (χ0n) is 20.3. The van der Waals surface area contributed by atoms with Gasteiger partial charge >= 0.3 is 5.91 Å². The van der Waals surface area contributed by atoms with Crippen molar-refractivity contribution < 1.29 is 28.6 Å². The van der Waals surface area contributed by atoms with Crippen molar-refractivity contribution in [2.45, 2.75) is 19.4 Å². The van der Waals surface area contributed by atoms with Gasteiger partial charge in [0.2, 0.25) is 0 Å². The molecule has 1 aliphatic rings. The number of halogens is 1. The minimum Gasteiger partial charge on any atom is -0.507 e. The van der Waals surface area contributed by atoms with E-state index >= 15 is 0 Å². The molecule has 1 saturated heterocycles. The van der Waals surface area contributed by atoms with Gasteiger partial charge in [0, 0.05) is 11.1 Å². The number of aliphatic hydroxyl groups excluding tert-OH is 1. The summed E-state index contributed by atoms with van der Waals surface area (Å²) >= 11 is 1.28. The maximum absolute atomic E-state index is 13.6. The predicted molar refractivity (Wildman–Crippen MR) is 140 cm³/mol. The molecular formula is C28H23FN2O5S. The molecule has 0 unspecified atom stereocenters. The molecule has 4 aromatic rings. The van der Waals surface area contributed by atoms with Crippen molar-refractivity contribution in [2.75, 3.05) is 19.1 Å². The largest absolute Gasteiger partial charge is 0.507 e. The number of aromatic nitrogens is 1. The number of methoxy groups -OCH3 is 2. The van der Waals surface area contributed by atoms with E-state index in [1.54, 1.807) is 18.2 Å². The molecule has 37 heavy (non-hydrogen) atoms. The number of rotatable bonds is 6. The zero-order valence-corrected chi connectivity index (χ0v) is 21.1. The van der Waals surface area contributed by atoms with Gasteiger partial charge in [-0.3, -0.25) is 14.5 Å². The first kappa shape index (κ1) is 24.5. The van der Waals surface area contributed by atoms with Crippen LogP contribution >= 0.6 is 11.3 Å². The van der Waals surface area contributed by atoms with Crippen molar-refractivity contribution in [1.29, 1.82) is 0 Å². The Morgan fingerprint density at radius 1 is 1.05 bits per heavy atom. The molecule has 0 saturated carbocycles. The Balaban J connectivity index is 1.77. The molecule has 2 heterocycles. The van der Waals surface area contributed by atoms with Crippen molar-refractivity contribution in [3.63, 3.8) is 0 Å². The van der Waals surface area contributed by atoms with Gasteiger partial charge in [0.05, 0.1) is 30.0 Å². The monoisotopic (exact) mass is 518 g/mol. The highest BCUT2D eigenvalue weighted by Crippen LogP contribution is 2.47.